The van der Waals surface area contributed by atoms with Gasteiger partial charge >= 0.3 is 0 Å². The second-order valence-electron chi connectivity index (χ2n) is 4.86. The average Bonchev–Trinajstić information content (AvgIpc) is 2.98. The molecule has 20 heavy (non-hydrogen) atoms. The second kappa shape index (κ2) is 5.32. The fraction of sp³-hybridized carbons (Fsp3) is 0.357. The van der Waals surface area contributed by atoms with Gasteiger partial charge in [0.2, 0.25) is 11.8 Å². The minimum Gasteiger partial charge on any atom is -0.421 e. The number of hydrogen-bond acceptors (Lipinski definition) is 5. The first-order valence-electron chi connectivity index (χ1n) is 6.69. The van der Waals surface area contributed by atoms with Crippen LogP contribution in [-0.2, 0) is 0 Å². The van der Waals surface area contributed by atoms with E-state index in [9.17, 15) is 10.1 Å². The summed E-state index contributed by atoms with van der Waals surface area (Å²) in [7, 11) is 0. The predicted molar refractivity (Wildman–Crippen MR) is 74.7 cm³/mol. The van der Waals surface area contributed by atoms with Crippen LogP contribution in [0.25, 0.3) is 11.5 Å². The molecule has 104 valence electrons. The molecule has 1 aliphatic heterocycles. The maximum absolute atomic E-state index is 10.6. The van der Waals surface area contributed by atoms with Gasteiger partial charge in [-0.2, -0.15) is 0 Å². The maximum atomic E-state index is 10.6. The minimum absolute atomic E-state index is 0.0663. The average molecular weight is 273 g/mol. The van der Waals surface area contributed by atoms with Crippen molar-refractivity contribution in [3.05, 3.63) is 40.6 Å². The number of nitro groups is 1. The molecule has 1 saturated heterocycles. The normalized spacial score (nSPS) is 15.3. The fourth-order valence-corrected chi connectivity index (χ4v) is 2.39. The molecule has 0 spiro atoms. The molecule has 6 nitrogen and oxygen atoms in total. The van der Waals surface area contributed by atoms with Crippen molar-refractivity contribution in [2.24, 2.45) is 0 Å². The van der Waals surface area contributed by atoms with E-state index in [1.54, 1.807) is 18.3 Å². The Balaban J connectivity index is 1.80. The van der Waals surface area contributed by atoms with E-state index < -0.39 is 4.92 Å². The lowest BCUT2D eigenvalue weighted by atomic mass is 10.1. The van der Waals surface area contributed by atoms with Crippen LogP contribution in [0.5, 0.6) is 0 Å². The van der Waals surface area contributed by atoms with Crippen molar-refractivity contribution in [3.8, 4) is 11.5 Å². The van der Waals surface area contributed by atoms with E-state index in [0.717, 1.165) is 24.5 Å². The molecule has 0 radical (unpaired) electrons. The van der Waals surface area contributed by atoms with Crippen molar-refractivity contribution in [2.45, 2.75) is 19.3 Å². The Kier molecular flexibility index (Phi) is 3.37. The van der Waals surface area contributed by atoms with Crippen LogP contribution in [0.1, 0.15) is 19.3 Å². The molecular formula is C14H15N3O3. The Labute approximate surface area is 116 Å². The van der Waals surface area contributed by atoms with Gasteiger partial charge in [0.25, 0.3) is 5.69 Å². The maximum Gasteiger partial charge on any atom is 0.269 e. The predicted octanol–water partition coefficient (Wildman–Crippen LogP) is 3.24. The van der Waals surface area contributed by atoms with Crippen molar-refractivity contribution in [3.63, 3.8) is 0 Å². The molecule has 0 N–H and O–H groups in total. The number of rotatable bonds is 3. The molecular weight excluding hydrogens is 258 g/mol. The van der Waals surface area contributed by atoms with Gasteiger partial charge < -0.3 is 9.32 Å². The minimum atomic E-state index is -0.418. The zero-order valence-corrected chi connectivity index (χ0v) is 11.0. The quantitative estimate of drug-likeness (QED) is 0.634. The Bertz CT molecular complexity index is 600. The van der Waals surface area contributed by atoms with Crippen molar-refractivity contribution >= 4 is 11.6 Å². The summed E-state index contributed by atoms with van der Waals surface area (Å²) in [5, 5.41) is 10.6. The smallest absolute Gasteiger partial charge is 0.269 e. The summed E-state index contributed by atoms with van der Waals surface area (Å²) in [5.74, 6) is 1.28. The molecule has 1 aromatic carbocycles. The largest absolute Gasteiger partial charge is 0.421 e. The standard InChI is InChI=1S/C14H15N3O3/c18-17(19)12-6-4-11(5-7-12)14-15-10-13(20-14)16-8-2-1-3-9-16/h4-7,10H,1-3,8-9H2. The molecule has 2 heterocycles. The monoisotopic (exact) mass is 273 g/mol. The Morgan fingerprint density at radius 3 is 2.50 bits per heavy atom. The van der Waals surface area contributed by atoms with Gasteiger partial charge in [-0.3, -0.25) is 10.1 Å². The highest BCUT2D eigenvalue weighted by molar-refractivity contribution is 5.57. The van der Waals surface area contributed by atoms with Gasteiger partial charge in [0.1, 0.15) is 0 Å². The lowest BCUT2D eigenvalue weighted by Gasteiger charge is -2.25. The van der Waals surface area contributed by atoms with Gasteiger partial charge in [-0.1, -0.05) is 0 Å². The van der Waals surface area contributed by atoms with E-state index in [4.69, 9.17) is 4.42 Å². The Morgan fingerprint density at radius 2 is 1.85 bits per heavy atom. The Hall–Kier alpha value is -2.37. The molecule has 1 aliphatic rings. The molecule has 0 unspecified atom stereocenters. The summed E-state index contributed by atoms with van der Waals surface area (Å²) in [6.45, 7) is 1.99. The molecule has 1 fully saturated rings. The molecule has 2 aromatic rings. The number of non-ortho nitro benzene ring substituents is 1. The zero-order chi connectivity index (χ0) is 13.9. The van der Waals surface area contributed by atoms with E-state index in [2.05, 4.69) is 9.88 Å². The number of aromatic nitrogens is 1. The molecule has 0 atom stereocenters. The summed E-state index contributed by atoms with van der Waals surface area (Å²) in [5.41, 5.74) is 0.815. The number of hydrogen-bond donors (Lipinski definition) is 0. The van der Waals surface area contributed by atoms with Gasteiger partial charge in [-0.15, -0.1) is 0 Å². The number of benzene rings is 1. The summed E-state index contributed by atoms with van der Waals surface area (Å²) < 4.78 is 5.75. The van der Waals surface area contributed by atoms with Crippen molar-refractivity contribution in [2.75, 3.05) is 18.0 Å². The Morgan fingerprint density at radius 1 is 1.15 bits per heavy atom. The fourth-order valence-electron chi connectivity index (χ4n) is 2.39. The molecule has 0 amide bonds. The topological polar surface area (TPSA) is 72.4 Å². The second-order valence-corrected chi connectivity index (χ2v) is 4.86. The van der Waals surface area contributed by atoms with Crippen molar-refractivity contribution < 1.29 is 9.34 Å². The highest BCUT2D eigenvalue weighted by atomic mass is 16.6. The SMILES string of the molecule is O=[N+]([O-])c1ccc(-c2ncc(N3CCCCC3)o2)cc1. The lowest BCUT2D eigenvalue weighted by Crippen LogP contribution is -2.28. The van der Waals surface area contributed by atoms with Crippen LogP contribution in [0.15, 0.2) is 34.9 Å². The highest BCUT2D eigenvalue weighted by Gasteiger charge is 2.16. The number of oxazole rings is 1. The third-order valence-electron chi connectivity index (χ3n) is 3.49. The molecule has 3 rings (SSSR count). The summed E-state index contributed by atoms with van der Waals surface area (Å²) in [6, 6.07) is 6.23. The first kappa shape index (κ1) is 12.7. The number of nitro benzene ring substituents is 1. The third-order valence-corrected chi connectivity index (χ3v) is 3.49. The van der Waals surface area contributed by atoms with E-state index in [1.165, 1.54) is 31.4 Å². The van der Waals surface area contributed by atoms with Crippen LogP contribution < -0.4 is 4.90 Å². The first-order chi connectivity index (χ1) is 9.74. The number of nitrogens with zero attached hydrogens (tertiary/aromatic N) is 3. The highest BCUT2D eigenvalue weighted by Crippen LogP contribution is 2.27. The lowest BCUT2D eigenvalue weighted by molar-refractivity contribution is -0.384. The number of anilines is 1. The van der Waals surface area contributed by atoms with Crippen LogP contribution in [-0.4, -0.2) is 23.0 Å². The first-order valence-corrected chi connectivity index (χ1v) is 6.69. The third kappa shape index (κ3) is 2.49. The van der Waals surface area contributed by atoms with Crippen LogP contribution >= 0.6 is 0 Å². The van der Waals surface area contributed by atoms with Crippen LogP contribution in [0.2, 0.25) is 0 Å². The summed E-state index contributed by atoms with van der Waals surface area (Å²) >= 11 is 0. The molecule has 0 bridgehead atoms. The van der Waals surface area contributed by atoms with E-state index in [0.29, 0.717) is 5.89 Å². The van der Waals surface area contributed by atoms with Gasteiger partial charge in [0.05, 0.1) is 11.1 Å². The van der Waals surface area contributed by atoms with Crippen LogP contribution in [0.3, 0.4) is 0 Å². The molecule has 0 aliphatic carbocycles. The van der Waals surface area contributed by atoms with E-state index in [1.807, 2.05) is 0 Å². The van der Waals surface area contributed by atoms with Crippen LogP contribution in [0, 0.1) is 10.1 Å². The number of piperidine rings is 1. The van der Waals surface area contributed by atoms with Crippen LogP contribution in [0.4, 0.5) is 11.6 Å². The summed E-state index contributed by atoms with van der Waals surface area (Å²) in [6.07, 6.45) is 5.34. The molecule has 1 aromatic heterocycles. The van der Waals surface area contributed by atoms with E-state index >= 15 is 0 Å². The summed E-state index contributed by atoms with van der Waals surface area (Å²) in [4.78, 5) is 16.6. The van der Waals surface area contributed by atoms with Gasteiger partial charge in [-0.25, -0.2) is 4.98 Å². The van der Waals surface area contributed by atoms with Gasteiger partial charge in [0, 0.05) is 30.8 Å². The molecule has 6 heteroatoms. The van der Waals surface area contributed by atoms with Gasteiger partial charge in [0.15, 0.2) is 0 Å². The van der Waals surface area contributed by atoms with Gasteiger partial charge in [-0.05, 0) is 31.4 Å². The molecule has 0 saturated carbocycles. The zero-order valence-electron chi connectivity index (χ0n) is 11.0. The van der Waals surface area contributed by atoms with E-state index in [-0.39, 0.29) is 5.69 Å². The van der Waals surface area contributed by atoms with Crippen molar-refractivity contribution in [1.82, 2.24) is 4.98 Å². The van der Waals surface area contributed by atoms with Crippen molar-refractivity contribution in [1.29, 1.82) is 0 Å².